The van der Waals surface area contributed by atoms with E-state index in [4.69, 9.17) is 28.9 Å². The minimum absolute atomic E-state index is 0.0134. The number of allylic oxidation sites excluding steroid dienone is 1. The van der Waals surface area contributed by atoms with Crippen molar-refractivity contribution in [2.45, 2.75) is 89.1 Å². The van der Waals surface area contributed by atoms with Crippen molar-refractivity contribution >= 4 is 28.3 Å². The highest BCUT2D eigenvalue weighted by Crippen LogP contribution is 2.62. The number of carbonyl (C=O) groups is 1. The summed E-state index contributed by atoms with van der Waals surface area (Å²) in [5.74, 6) is -0.263. The van der Waals surface area contributed by atoms with Crippen LogP contribution in [0.25, 0.3) is 10.8 Å². The molecule has 1 heterocycles. The summed E-state index contributed by atoms with van der Waals surface area (Å²) in [4.78, 5) is 33.1. The lowest BCUT2D eigenvalue weighted by Crippen LogP contribution is -2.70. The molecule has 65 heavy (non-hydrogen) atoms. The number of carbonyl (C=O) groups excluding carboxylic acids is 1. The standard InChI is InChI=1S/C52H61N3O10/c1-4-7-30-61-51(58)54(26-5-2)48-34-46(53-63-35-36-18-21-40(22-19-36)55(59)60)44-32-39(16-10-12-27-56)43(17-11-13-28-57)49-45-33-42(64-41-23-20-37-14-8-9-15-38(37)31-41)24-25-47(45)65-52(48,50(44)49)62-29-6-3/h4,6,8-9,14-15,18-25,31-33,39,43,48-50,56-57H,1,3,5,7,10-13,16-17,26-30,34-35H2,2H3/t39-,43+,48-,49+,50+,52+/m0/s1. The SMILES string of the molecule is C=CCCOC(=O)N(CCC)[C@H]1CC(=NOCc2ccc([N+](=O)[O-])cc2)C2=C[C@H](CCCCO)[C@@H](CCCCO)[C@@H]3c4cc(Oc5ccc6ccccc6c5)ccc4O[C@@]1(OCC=C)[C@H]23. The Morgan fingerprint density at radius 1 is 0.954 bits per heavy atom. The number of ether oxygens (including phenoxy) is 4. The first-order valence-electron chi connectivity index (χ1n) is 22.9. The topological polar surface area (TPSA) is 162 Å². The quantitative estimate of drug-likeness (QED) is 0.0317. The smallest absolute Gasteiger partial charge is 0.410 e. The first-order chi connectivity index (χ1) is 31.7. The molecule has 0 radical (unpaired) electrons. The number of unbranched alkanes of at least 4 members (excludes halogenated alkanes) is 2. The van der Waals surface area contributed by atoms with E-state index in [0.29, 0.717) is 60.8 Å². The van der Waals surface area contributed by atoms with Gasteiger partial charge in [-0.3, -0.25) is 15.0 Å². The second-order valence-corrected chi connectivity index (χ2v) is 17.0. The predicted molar refractivity (Wildman–Crippen MR) is 250 cm³/mol. The number of rotatable bonds is 23. The third-order valence-corrected chi connectivity index (χ3v) is 12.8. The number of oxime groups is 1. The number of nitro benzene ring substituents is 1. The molecule has 13 nitrogen and oxygen atoms in total. The Balaban J connectivity index is 1.41. The van der Waals surface area contributed by atoms with Crippen LogP contribution in [-0.4, -0.2) is 76.6 Å². The monoisotopic (exact) mass is 887 g/mol. The molecule has 1 aliphatic heterocycles. The maximum atomic E-state index is 14.4. The third kappa shape index (κ3) is 10.6. The van der Waals surface area contributed by atoms with Gasteiger partial charge in [0.05, 0.1) is 29.8 Å². The van der Waals surface area contributed by atoms with E-state index in [1.165, 1.54) is 12.1 Å². The molecule has 6 atom stereocenters. The van der Waals surface area contributed by atoms with Gasteiger partial charge >= 0.3 is 6.09 Å². The fraction of sp³-hybridized carbons (Fsp3) is 0.423. The molecule has 0 saturated heterocycles. The minimum Gasteiger partial charge on any atom is -0.459 e. The summed E-state index contributed by atoms with van der Waals surface area (Å²) in [6, 6.07) is 25.5. The largest absolute Gasteiger partial charge is 0.459 e. The van der Waals surface area contributed by atoms with Crippen LogP contribution in [0.5, 0.6) is 17.2 Å². The zero-order chi connectivity index (χ0) is 45.8. The highest BCUT2D eigenvalue weighted by molar-refractivity contribution is 6.03. The predicted octanol–water partition coefficient (Wildman–Crippen LogP) is 10.8. The van der Waals surface area contributed by atoms with Gasteiger partial charge in [0.25, 0.3) is 5.69 Å². The van der Waals surface area contributed by atoms with Gasteiger partial charge in [0, 0.05) is 49.8 Å². The average Bonchev–Trinajstić information content (AvgIpc) is 3.31. The van der Waals surface area contributed by atoms with Crippen molar-refractivity contribution in [2.24, 2.45) is 22.9 Å². The number of benzene rings is 4. The number of nitrogens with zero attached hydrogens (tertiary/aromatic N) is 3. The summed E-state index contributed by atoms with van der Waals surface area (Å²) in [5.41, 5.74) is 3.12. The number of aliphatic hydroxyl groups is 2. The number of hydrogen-bond donors (Lipinski definition) is 2. The van der Waals surface area contributed by atoms with Gasteiger partial charge in [0.2, 0.25) is 5.79 Å². The van der Waals surface area contributed by atoms with Gasteiger partial charge in [-0.05, 0) is 115 Å². The van der Waals surface area contributed by atoms with Crippen molar-refractivity contribution < 1.29 is 43.7 Å². The summed E-state index contributed by atoms with van der Waals surface area (Å²) in [6.45, 7) is 10.6. The molecule has 1 amide bonds. The zero-order valence-corrected chi connectivity index (χ0v) is 37.2. The normalized spacial score (nSPS) is 22.5. The Hall–Kier alpha value is -6.02. The van der Waals surface area contributed by atoms with Crippen LogP contribution in [0.3, 0.4) is 0 Å². The second-order valence-electron chi connectivity index (χ2n) is 17.0. The van der Waals surface area contributed by atoms with E-state index in [2.05, 4.69) is 37.4 Å². The Morgan fingerprint density at radius 3 is 2.42 bits per heavy atom. The van der Waals surface area contributed by atoms with E-state index in [-0.39, 0.29) is 62.9 Å². The summed E-state index contributed by atoms with van der Waals surface area (Å²) >= 11 is 0. The van der Waals surface area contributed by atoms with E-state index in [0.717, 1.165) is 47.6 Å². The van der Waals surface area contributed by atoms with E-state index >= 15 is 0 Å². The average molecular weight is 888 g/mol. The molecule has 0 spiro atoms. The molecule has 2 aliphatic carbocycles. The van der Waals surface area contributed by atoms with Crippen LogP contribution >= 0.6 is 0 Å². The first kappa shape index (κ1) is 47.0. The Labute approximate surface area is 381 Å². The molecule has 0 unspecified atom stereocenters. The maximum absolute atomic E-state index is 14.4. The van der Waals surface area contributed by atoms with Crippen molar-refractivity contribution in [1.29, 1.82) is 0 Å². The molecule has 3 aliphatic rings. The summed E-state index contributed by atoms with van der Waals surface area (Å²) in [7, 11) is 0. The van der Waals surface area contributed by atoms with Gasteiger partial charge in [-0.1, -0.05) is 73.5 Å². The number of nitro groups is 1. The summed E-state index contributed by atoms with van der Waals surface area (Å²) in [5, 5.41) is 38.4. The van der Waals surface area contributed by atoms with Crippen LogP contribution in [0.4, 0.5) is 10.5 Å². The molecular weight excluding hydrogens is 827 g/mol. The molecule has 1 saturated carbocycles. The molecule has 4 aromatic rings. The van der Waals surface area contributed by atoms with Gasteiger partial charge in [-0.15, -0.1) is 13.2 Å². The number of amides is 1. The lowest BCUT2D eigenvalue weighted by atomic mass is 9.55. The van der Waals surface area contributed by atoms with Crippen LogP contribution in [0.1, 0.15) is 81.8 Å². The Bertz CT molecular complexity index is 2350. The van der Waals surface area contributed by atoms with Crippen molar-refractivity contribution in [2.75, 3.05) is 33.0 Å². The number of non-ortho nitro benzene ring substituents is 1. The van der Waals surface area contributed by atoms with Gasteiger partial charge in [0.1, 0.15) is 29.9 Å². The second kappa shape index (κ2) is 22.3. The van der Waals surface area contributed by atoms with Crippen LogP contribution < -0.4 is 9.47 Å². The molecule has 1 fully saturated rings. The molecule has 7 rings (SSSR count). The highest BCUT2D eigenvalue weighted by Gasteiger charge is 2.65. The molecule has 0 bridgehead atoms. The molecule has 2 N–H and O–H groups in total. The molecule has 0 aromatic heterocycles. The van der Waals surface area contributed by atoms with Crippen LogP contribution in [-0.2, 0) is 20.9 Å². The summed E-state index contributed by atoms with van der Waals surface area (Å²) in [6.07, 6.45) is 10.9. The van der Waals surface area contributed by atoms with Crippen molar-refractivity contribution in [1.82, 2.24) is 4.90 Å². The van der Waals surface area contributed by atoms with Crippen LogP contribution in [0.2, 0.25) is 0 Å². The molecular formula is C52H61N3O10. The maximum Gasteiger partial charge on any atom is 0.410 e. The van der Waals surface area contributed by atoms with Crippen molar-refractivity contribution in [3.05, 3.63) is 143 Å². The number of aliphatic hydroxyl groups excluding tert-OH is 2. The van der Waals surface area contributed by atoms with Crippen molar-refractivity contribution in [3.63, 3.8) is 0 Å². The van der Waals surface area contributed by atoms with E-state index in [1.807, 2.05) is 49.4 Å². The van der Waals surface area contributed by atoms with Gasteiger partial charge in [-0.25, -0.2) is 4.79 Å². The van der Waals surface area contributed by atoms with Gasteiger partial charge in [0.15, 0.2) is 0 Å². The van der Waals surface area contributed by atoms with E-state index in [1.54, 1.807) is 29.2 Å². The van der Waals surface area contributed by atoms with Gasteiger partial charge < -0.3 is 34.0 Å². The van der Waals surface area contributed by atoms with Crippen LogP contribution in [0.15, 0.2) is 127 Å². The minimum atomic E-state index is -1.45. The van der Waals surface area contributed by atoms with E-state index in [9.17, 15) is 25.1 Å². The van der Waals surface area contributed by atoms with E-state index < -0.39 is 28.8 Å². The zero-order valence-electron chi connectivity index (χ0n) is 37.2. The lowest BCUT2D eigenvalue weighted by Gasteiger charge is -2.59. The molecule has 13 heteroatoms. The third-order valence-electron chi connectivity index (χ3n) is 12.8. The molecule has 4 aromatic carbocycles. The van der Waals surface area contributed by atoms with Gasteiger partial charge in [-0.2, -0.15) is 0 Å². The Morgan fingerprint density at radius 2 is 1.69 bits per heavy atom. The van der Waals surface area contributed by atoms with Crippen molar-refractivity contribution in [3.8, 4) is 17.2 Å². The fourth-order valence-electron chi connectivity index (χ4n) is 9.91. The fourth-order valence-corrected chi connectivity index (χ4v) is 9.91. The first-order valence-corrected chi connectivity index (χ1v) is 22.9. The Kier molecular flexibility index (Phi) is 16.1. The number of hydrogen-bond acceptors (Lipinski definition) is 11. The lowest BCUT2D eigenvalue weighted by molar-refractivity contribution is -0.384. The number of fused-ring (bicyclic) bond motifs is 3. The summed E-state index contributed by atoms with van der Waals surface area (Å²) < 4.78 is 26.9. The molecule has 344 valence electrons. The van der Waals surface area contributed by atoms with Crippen LogP contribution in [0, 0.1) is 27.9 Å². The highest BCUT2D eigenvalue weighted by atomic mass is 16.7.